The summed E-state index contributed by atoms with van der Waals surface area (Å²) in [7, 11) is 0. The fourth-order valence-corrected chi connectivity index (χ4v) is 3.05. The van der Waals surface area contributed by atoms with Crippen LogP contribution in [0.3, 0.4) is 0 Å². The smallest absolute Gasteiger partial charge is 0.238 e. The molecule has 0 unspecified atom stereocenters. The summed E-state index contributed by atoms with van der Waals surface area (Å²) in [5.41, 5.74) is 2.03. The number of hydrogen-bond donors (Lipinski definition) is 2. The van der Waals surface area contributed by atoms with Crippen molar-refractivity contribution in [2.24, 2.45) is 0 Å². The summed E-state index contributed by atoms with van der Waals surface area (Å²) in [6.45, 7) is 7.24. The Morgan fingerprint density at radius 2 is 1.88 bits per heavy atom. The number of carbonyl (C=O) groups is 1. The topological polar surface area (TPSA) is 55.8 Å². The summed E-state index contributed by atoms with van der Waals surface area (Å²) in [5.74, 6) is -0.0761. The molecule has 0 bridgehead atoms. The van der Waals surface area contributed by atoms with E-state index < -0.39 is 0 Å². The first-order valence-electron chi connectivity index (χ1n) is 8.82. The van der Waals surface area contributed by atoms with Crippen LogP contribution >= 0.6 is 0 Å². The molecule has 132 valence electrons. The van der Waals surface area contributed by atoms with E-state index in [-0.39, 0.29) is 19.1 Å². The SMILES string of the molecule is C=CCN(CCO)CC(=O)Nc1ccc(N2CCCCCC2)cc1. The van der Waals surface area contributed by atoms with Crippen LogP contribution < -0.4 is 10.2 Å². The third-order valence-corrected chi connectivity index (χ3v) is 4.29. The van der Waals surface area contributed by atoms with Crippen molar-refractivity contribution in [3.05, 3.63) is 36.9 Å². The van der Waals surface area contributed by atoms with Crippen molar-refractivity contribution in [1.29, 1.82) is 0 Å². The number of carbonyl (C=O) groups excluding carboxylic acids is 1. The molecule has 1 fully saturated rings. The lowest BCUT2D eigenvalue weighted by molar-refractivity contribution is -0.117. The molecule has 0 aromatic heterocycles. The molecule has 5 heteroatoms. The summed E-state index contributed by atoms with van der Waals surface area (Å²) in [5, 5.41) is 11.9. The maximum absolute atomic E-state index is 12.1. The minimum absolute atomic E-state index is 0.0334. The number of nitrogens with one attached hydrogen (secondary N) is 1. The van der Waals surface area contributed by atoms with Gasteiger partial charge >= 0.3 is 0 Å². The number of rotatable bonds is 8. The van der Waals surface area contributed by atoms with Gasteiger partial charge in [0.05, 0.1) is 13.2 Å². The summed E-state index contributed by atoms with van der Waals surface area (Å²) in [6.07, 6.45) is 6.88. The van der Waals surface area contributed by atoms with Gasteiger partial charge in [-0.15, -0.1) is 6.58 Å². The average Bonchev–Trinajstić information content (AvgIpc) is 2.85. The van der Waals surface area contributed by atoms with Gasteiger partial charge in [-0.2, -0.15) is 0 Å². The van der Waals surface area contributed by atoms with Gasteiger partial charge in [0, 0.05) is 37.6 Å². The Balaban J connectivity index is 1.88. The van der Waals surface area contributed by atoms with Crippen LogP contribution in [0.25, 0.3) is 0 Å². The Morgan fingerprint density at radius 3 is 2.46 bits per heavy atom. The van der Waals surface area contributed by atoms with E-state index in [0.29, 0.717) is 13.1 Å². The highest BCUT2D eigenvalue weighted by molar-refractivity contribution is 5.92. The van der Waals surface area contributed by atoms with Gasteiger partial charge in [-0.05, 0) is 37.1 Å². The van der Waals surface area contributed by atoms with Gasteiger partial charge in [-0.3, -0.25) is 9.69 Å². The molecule has 1 saturated heterocycles. The average molecular weight is 331 g/mol. The molecule has 1 aliphatic rings. The van der Waals surface area contributed by atoms with Crippen LogP contribution in [-0.2, 0) is 4.79 Å². The first-order chi connectivity index (χ1) is 11.7. The second-order valence-electron chi connectivity index (χ2n) is 6.24. The van der Waals surface area contributed by atoms with E-state index >= 15 is 0 Å². The van der Waals surface area contributed by atoms with Gasteiger partial charge in [0.15, 0.2) is 0 Å². The molecule has 5 nitrogen and oxygen atoms in total. The van der Waals surface area contributed by atoms with Crippen LogP contribution in [0.2, 0.25) is 0 Å². The molecule has 1 amide bonds. The van der Waals surface area contributed by atoms with Gasteiger partial charge in [-0.1, -0.05) is 18.9 Å². The molecule has 0 atom stereocenters. The highest BCUT2D eigenvalue weighted by Crippen LogP contribution is 2.21. The summed E-state index contributed by atoms with van der Waals surface area (Å²) in [6, 6.07) is 8.08. The van der Waals surface area contributed by atoms with Crippen molar-refractivity contribution in [2.45, 2.75) is 25.7 Å². The fourth-order valence-electron chi connectivity index (χ4n) is 3.05. The summed E-state index contributed by atoms with van der Waals surface area (Å²) < 4.78 is 0. The molecule has 1 aromatic rings. The Labute approximate surface area is 145 Å². The van der Waals surface area contributed by atoms with Crippen LogP contribution in [0.15, 0.2) is 36.9 Å². The minimum atomic E-state index is -0.0761. The molecule has 0 saturated carbocycles. The molecule has 0 aliphatic carbocycles. The highest BCUT2D eigenvalue weighted by Gasteiger charge is 2.11. The Kier molecular flexibility index (Phi) is 7.79. The first kappa shape index (κ1) is 18.5. The van der Waals surface area contributed by atoms with Crippen molar-refractivity contribution < 1.29 is 9.90 Å². The van der Waals surface area contributed by atoms with Gasteiger partial charge in [0.1, 0.15) is 0 Å². The van der Waals surface area contributed by atoms with E-state index in [1.807, 2.05) is 17.0 Å². The van der Waals surface area contributed by atoms with Crippen LogP contribution in [0, 0.1) is 0 Å². The summed E-state index contributed by atoms with van der Waals surface area (Å²) in [4.78, 5) is 16.4. The largest absolute Gasteiger partial charge is 0.395 e. The van der Waals surface area contributed by atoms with E-state index in [1.54, 1.807) is 6.08 Å². The molecule has 1 heterocycles. The van der Waals surface area contributed by atoms with Crippen molar-refractivity contribution >= 4 is 17.3 Å². The zero-order valence-corrected chi connectivity index (χ0v) is 14.4. The van der Waals surface area contributed by atoms with Crippen LogP contribution in [-0.4, -0.2) is 55.2 Å². The van der Waals surface area contributed by atoms with E-state index in [2.05, 4.69) is 28.9 Å². The van der Waals surface area contributed by atoms with E-state index in [0.717, 1.165) is 18.8 Å². The van der Waals surface area contributed by atoms with E-state index in [9.17, 15) is 4.79 Å². The van der Waals surface area contributed by atoms with Crippen molar-refractivity contribution in [1.82, 2.24) is 4.90 Å². The number of anilines is 2. The van der Waals surface area contributed by atoms with Gasteiger partial charge in [0.2, 0.25) is 5.91 Å². The lowest BCUT2D eigenvalue weighted by Gasteiger charge is -2.23. The molecule has 2 rings (SSSR count). The molecular weight excluding hydrogens is 302 g/mol. The molecule has 1 aliphatic heterocycles. The second-order valence-corrected chi connectivity index (χ2v) is 6.24. The second kappa shape index (κ2) is 10.1. The van der Waals surface area contributed by atoms with Crippen molar-refractivity contribution in [3.8, 4) is 0 Å². The highest BCUT2D eigenvalue weighted by atomic mass is 16.3. The minimum Gasteiger partial charge on any atom is -0.395 e. The van der Waals surface area contributed by atoms with E-state index in [1.165, 1.54) is 31.4 Å². The molecule has 0 spiro atoms. The quantitative estimate of drug-likeness (QED) is 0.719. The number of hydrogen-bond acceptors (Lipinski definition) is 4. The molecule has 1 aromatic carbocycles. The zero-order valence-electron chi connectivity index (χ0n) is 14.4. The van der Waals surface area contributed by atoms with Gasteiger partial charge in [0.25, 0.3) is 0 Å². The molecular formula is C19H29N3O2. The number of aliphatic hydroxyl groups is 1. The lowest BCUT2D eigenvalue weighted by Crippen LogP contribution is -2.35. The maximum Gasteiger partial charge on any atom is 0.238 e. The Morgan fingerprint density at radius 1 is 1.21 bits per heavy atom. The van der Waals surface area contributed by atoms with Crippen molar-refractivity contribution in [2.75, 3.05) is 49.5 Å². The fraction of sp³-hybridized carbons (Fsp3) is 0.526. The molecule has 2 N–H and O–H groups in total. The first-order valence-corrected chi connectivity index (χ1v) is 8.82. The molecule has 24 heavy (non-hydrogen) atoms. The predicted octanol–water partition coefficient (Wildman–Crippen LogP) is 2.49. The number of nitrogens with zero attached hydrogens (tertiary/aromatic N) is 2. The number of benzene rings is 1. The maximum atomic E-state index is 12.1. The Bertz CT molecular complexity index is 508. The van der Waals surface area contributed by atoms with Gasteiger partial charge < -0.3 is 15.3 Å². The third kappa shape index (κ3) is 5.98. The van der Waals surface area contributed by atoms with Crippen LogP contribution in [0.5, 0.6) is 0 Å². The third-order valence-electron chi connectivity index (χ3n) is 4.29. The number of aliphatic hydroxyl groups excluding tert-OH is 1. The zero-order chi connectivity index (χ0) is 17.2. The van der Waals surface area contributed by atoms with Crippen molar-refractivity contribution in [3.63, 3.8) is 0 Å². The monoisotopic (exact) mass is 331 g/mol. The lowest BCUT2D eigenvalue weighted by atomic mass is 10.2. The number of amides is 1. The van der Waals surface area contributed by atoms with Gasteiger partial charge in [-0.25, -0.2) is 0 Å². The van der Waals surface area contributed by atoms with Crippen LogP contribution in [0.1, 0.15) is 25.7 Å². The Hall–Kier alpha value is -1.85. The van der Waals surface area contributed by atoms with E-state index in [4.69, 9.17) is 5.11 Å². The molecule has 0 radical (unpaired) electrons. The summed E-state index contributed by atoms with van der Waals surface area (Å²) >= 11 is 0. The normalized spacial score (nSPS) is 15.2. The standard InChI is InChI=1S/C19H29N3O2/c1-2-11-21(14-15-23)16-19(24)20-17-7-9-18(10-8-17)22-12-5-3-4-6-13-22/h2,7-10,23H,1,3-6,11-16H2,(H,20,24). The predicted molar refractivity (Wildman–Crippen MR) is 99.5 cm³/mol. The van der Waals surface area contributed by atoms with Crippen LogP contribution in [0.4, 0.5) is 11.4 Å².